The highest BCUT2D eigenvalue weighted by Gasteiger charge is 2.24. The number of esters is 2. The van der Waals surface area contributed by atoms with Crippen LogP contribution in [-0.4, -0.2) is 36.9 Å². The molecule has 2 radical (unpaired) electrons. The van der Waals surface area contributed by atoms with Crippen LogP contribution in [0.1, 0.15) is 33.1 Å². The van der Waals surface area contributed by atoms with Crippen molar-refractivity contribution in [3.05, 3.63) is 6.92 Å². The number of ether oxygens (including phenoxy) is 2. The molecule has 18 heavy (non-hydrogen) atoms. The van der Waals surface area contributed by atoms with Crippen molar-refractivity contribution in [2.45, 2.75) is 33.1 Å². The number of hydrogen-bond acceptors (Lipinski definition) is 5. The fourth-order valence-corrected chi connectivity index (χ4v) is 1.53. The fourth-order valence-electron chi connectivity index (χ4n) is 1.53. The van der Waals surface area contributed by atoms with E-state index < -0.39 is 0 Å². The second kappa shape index (κ2) is 9.88. The number of rotatable bonds is 9. The van der Waals surface area contributed by atoms with E-state index >= 15 is 0 Å². The van der Waals surface area contributed by atoms with Gasteiger partial charge in [-0.2, -0.15) is 0 Å². The highest BCUT2D eigenvalue weighted by Crippen LogP contribution is 2.18. The van der Waals surface area contributed by atoms with E-state index in [2.05, 4.69) is 0 Å². The standard InChI is InChI=1S/C13H22O5/c1-4-11(13(16)17-5-2)9-10(3)12(15)18-8-6-7-14/h2,10-11,14H,4-9H2,1,3H3. The Balaban J connectivity index is 4.12. The molecule has 0 aromatic carbocycles. The van der Waals surface area contributed by atoms with Crippen LogP contribution in [0.3, 0.4) is 0 Å². The van der Waals surface area contributed by atoms with Crippen LogP contribution in [-0.2, 0) is 19.1 Å². The van der Waals surface area contributed by atoms with Crippen LogP contribution in [0.15, 0.2) is 0 Å². The summed E-state index contributed by atoms with van der Waals surface area (Å²) in [6, 6.07) is 0. The van der Waals surface area contributed by atoms with E-state index in [1.54, 1.807) is 6.92 Å². The molecule has 2 atom stereocenters. The lowest BCUT2D eigenvalue weighted by Crippen LogP contribution is -2.24. The molecule has 0 rings (SSSR count). The molecule has 5 nitrogen and oxygen atoms in total. The van der Waals surface area contributed by atoms with Crippen molar-refractivity contribution < 1.29 is 24.2 Å². The number of carbonyl (C=O) groups is 2. The number of hydrogen-bond donors (Lipinski definition) is 1. The van der Waals surface area contributed by atoms with Crippen LogP contribution in [0.2, 0.25) is 0 Å². The van der Waals surface area contributed by atoms with E-state index in [-0.39, 0.29) is 43.6 Å². The maximum absolute atomic E-state index is 11.6. The lowest BCUT2D eigenvalue weighted by Gasteiger charge is -2.17. The molecule has 0 spiro atoms. The minimum absolute atomic E-state index is 0.0118. The molecule has 0 aromatic heterocycles. The van der Waals surface area contributed by atoms with Crippen LogP contribution in [0.4, 0.5) is 0 Å². The van der Waals surface area contributed by atoms with E-state index in [4.69, 9.17) is 21.5 Å². The monoisotopic (exact) mass is 258 g/mol. The first kappa shape index (κ1) is 16.9. The first-order valence-corrected chi connectivity index (χ1v) is 6.20. The third-order valence-electron chi connectivity index (χ3n) is 2.64. The van der Waals surface area contributed by atoms with E-state index in [0.717, 1.165) is 0 Å². The summed E-state index contributed by atoms with van der Waals surface area (Å²) < 4.78 is 9.68. The van der Waals surface area contributed by atoms with Gasteiger partial charge in [0, 0.05) is 20.0 Å². The summed E-state index contributed by atoms with van der Waals surface area (Å²) in [6.45, 7) is 8.73. The average molecular weight is 258 g/mol. The molecule has 0 aliphatic heterocycles. The van der Waals surface area contributed by atoms with Gasteiger partial charge in [0.2, 0.25) is 0 Å². The summed E-state index contributed by atoms with van der Waals surface area (Å²) in [5.74, 6) is -1.45. The Bertz CT molecular complexity index is 252. The first-order valence-electron chi connectivity index (χ1n) is 6.20. The molecule has 1 N–H and O–H groups in total. The Hall–Kier alpha value is -1.10. The van der Waals surface area contributed by atoms with E-state index in [0.29, 0.717) is 19.3 Å². The molecule has 5 heteroatoms. The molecule has 104 valence electrons. The Morgan fingerprint density at radius 3 is 2.44 bits per heavy atom. The molecule has 0 fully saturated rings. The molecular formula is C13H22O5. The van der Waals surface area contributed by atoms with Gasteiger partial charge in [0.25, 0.3) is 0 Å². The predicted octanol–water partition coefficient (Wildman–Crippen LogP) is 1.22. The predicted molar refractivity (Wildman–Crippen MR) is 65.5 cm³/mol. The molecule has 0 saturated carbocycles. The van der Waals surface area contributed by atoms with Gasteiger partial charge in [0.05, 0.1) is 25.0 Å². The molecule has 2 unspecified atom stereocenters. The number of carbonyl (C=O) groups excluding carboxylic acids is 2. The maximum atomic E-state index is 11.6. The molecule has 0 bridgehead atoms. The average Bonchev–Trinajstić information content (AvgIpc) is 2.35. The van der Waals surface area contributed by atoms with Crippen molar-refractivity contribution in [3.8, 4) is 0 Å². The zero-order chi connectivity index (χ0) is 14.0. The van der Waals surface area contributed by atoms with Crippen LogP contribution >= 0.6 is 0 Å². The smallest absolute Gasteiger partial charge is 0.308 e. The van der Waals surface area contributed by atoms with Crippen molar-refractivity contribution in [3.63, 3.8) is 0 Å². The molecule has 0 aliphatic rings. The fraction of sp³-hybridized carbons (Fsp3) is 0.769. The Morgan fingerprint density at radius 2 is 1.94 bits per heavy atom. The maximum Gasteiger partial charge on any atom is 0.308 e. The normalized spacial score (nSPS) is 13.8. The van der Waals surface area contributed by atoms with Gasteiger partial charge in [0.1, 0.15) is 0 Å². The van der Waals surface area contributed by atoms with Gasteiger partial charge in [-0.3, -0.25) is 9.59 Å². The van der Waals surface area contributed by atoms with E-state index in [1.807, 2.05) is 6.92 Å². The highest BCUT2D eigenvalue weighted by atomic mass is 16.5. The zero-order valence-electron chi connectivity index (χ0n) is 11.1. The van der Waals surface area contributed by atoms with Crippen molar-refractivity contribution in [2.24, 2.45) is 11.8 Å². The molecule has 0 saturated heterocycles. The molecule has 0 aliphatic carbocycles. The SMILES string of the molecule is [CH]COC(=O)C(CC)CC(C)C(=O)OCCCO. The van der Waals surface area contributed by atoms with Gasteiger partial charge in [-0.1, -0.05) is 13.8 Å². The lowest BCUT2D eigenvalue weighted by atomic mass is 9.94. The molecule has 0 aromatic rings. The summed E-state index contributed by atoms with van der Waals surface area (Å²) in [4.78, 5) is 23.1. The summed E-state index contributed by atoms with van der Waals surface area (Å²) in [7, 11) is 0. The number of aliphatic hydroxyl groups excluding tert-OH is 1. The van der Waals surface area contributed by atoms with Gasteiger partial charge < -0.3 is 14.6 Å². The summed E-state index contributed by atoms with van der Waals surface area (Å²) in [6.07, 6.45) is 1.39. The van der Waals surface area contributed by atoms with Gasteiger partial charge in [0.15, 0.2) is 0 Å². The molecular weight excluding hydrogens is 236 g/mol. The summed E-state index contributed by atoms with van der Waals surface area (Å²) in [5.41, 5.74) is 0. The van der Waals surface area contributed by atoms with Crippen LogP contribution in [0.25, 0.3) is 0 Å². The second-order valence-electron chi connectivity index (χ2n) is 4.12. The Labute approximate surface area is 108 Å². The van der Waals surface area contributed by atoms with Crippen LogP contribution in [0.5, 0.6) is 0 Å². The zero-order valence-corrected chi connectivity index (χ0v) is 11.1. The van der Waals surface area contributed by atoms with Gasteiger partial charge in [-0.15, -0.1) is 0 Å². The minimum Gasteiger partial charge on any atom is -0.465 e. The van der Waals surface area contributed by atoms with Crippen molar-refractivity contribution in [1.82, 2.24) is 0 Å². The van der Waals surface area contributed by atoms with Gasteiger partial charge >= 0.3 is 11.9 Å². The summed E-state index contributed by atoms with van der Waals surface area (Å²) >= 11 is 0. The second-order valence-corrected chi connectivity index (χ2v) is 4.12. The van der Waals surface area contributed by atoms with Crippen molar-refractivity contribution in [1.29, 1.82) is 0 Å². The molecule has 0 amide bonds. The third kappa shape index (κ3) is 6.59. The Kier molecular flexibility index (Phi) is 9.28. The van der Waals surface area contributed by atoms with Gasteiger partial charge in [-0.05, 0) is 12.8 Å². The van der Waals surface area contributed by atoms with E-state index in [1.165, 1.54) is 0 Å². The van der Waals surface area contributed by atoms with Crippen molar-refractivity contribution in [2.75, 3.05) is 19.8 Å². The van der Waals surface area contributed by atoms with Gasteiger partial charge in [-0.25, -0.2) is 0 Å². The van der Waals surface area contributed by atoms with E-state index in [9.17, 15) is 9.59 Å². The largest absolute Gasteiger partial charge is 0.465 e. The lowest BCUT2D eigenvalue weighted by molar-refractivity contribution is -0.152. The summed E-state index contributed by atoms with van der Waals surface area (Å²) in [5, 5.41) is 8.57. The van der Waals surface area contributed by atoms with Crippen LogP contribution in [0, 0.1) is 18.8 Å². The first-order chi connectivity index (χ1) is 8.56. The topological polar surface area (TPSA) is 72.8 Å². The van der Waals surface area contributed by atoms with Crippen molar-refractivity contribution >= 4 is 11.9 Å². The number of aliphatic hydroxyl groups is 1. The van der Waals surface area contributed by atoms with Crippen LogP contribution < -0.4 is 0 Å². The molecule has 0 heterocycles. The Morgan fingerprint density at radius 1 is 1.28 bits per heavy atom. The highest BCUT2D eigenvalue weighted by molar-refractivity contribution is 5.75. The minimum atomic E-state index is -0.380. The third-order valence-corrected chi connectivity index (χ3v) is 2.64. The quantitative estimate of drug-likeness (QED) is 0.497.